The Hall–Kier alpha value is -2.81. The van der Waals surface area contributed by atoms with Crippen molar-refractivity contribution in [1.82, 2.24) is 25.7 Å². The molecule has 0 aliphatic heterocycles. The molecule has 1 fully saturated rings. The van der Waals surface area contributed by atoms with E-state index in [4.69, 9.17) is 0 Å². The summed E-state index contributed by atoms with van der Waals surface area (Å²) in [6, 6.07) is 4.63. The summed E-state index contributed by atoms with van der Waals surface area (Å²) < 4.78 is 0. The van der Waals surface area contributed by atoms with Gasteiger partial charge in [0.25, 0.3) is 11.9 Å². The fourth-order valence-electron chi connectivity index (χ4n) is 3.59. The number of amides is 2. The first-order valence-corrected chi connectivity index (χ1v) is 9.18. The summed E-state index contributed by atoms with van der Waals surface area (Å²) in [5.41, 5.74) is 7.42. The number of anilines is 1. The molecule has 144 valence electrons. The molecule has 2 amide bonds. The maximum atomic E-state index is 12.6. The van der Waals surface area contributed by atoms with Gasteiger partial charge in [-0.25, -0.2) is 10.0 Å². The fourth-order valence-corrected chi connectivity index (χ4v) is 3.59. The molecule has 0 saturated heterocycles. The first-order chi connectivity index (χ1) is 13.1. The van der Waals surface area contributed by atoms with Gasteiger partial charge in [-0.3, -0.25) is 25.6 Å². The van der Waals surface area contributed by atoms with Gasteiger partial charge in [0.1, 0.15) is 11.6 Å². The molecule has 9 nitrogen and oxygen atoms in total. The lowest BCUT2D eigenvalue weighted by molar-refractivity contribution is -0.172. The van der Waals surface area contributed by atoms with Gasteiger partial charge >= 0.3 is 0 Å². The van der Waals surface area contributed by atoms with Crippen LogP contribution in [-0.2, 0) is 9.59 Å². The molecule has 1 aromatic heterocycles. The van der Waals surface area contributed by atoms with E-state index in [9.17, 15) is 14.8 Å². The third-order valence-corrected chi connectivity index (χ3v) is 4.99. The van der Waals surface area contributed by atoms with Gasteiger partial charge in [-0.1, -0.05) is 37.8 Å². The molecule has 27 heavy (non-hydrogen) atoms. The van der Waals surface area contributed by atoms with E-state index in [0.717, 1.165) is 44.1 Å². The highest BCUT2D eigenvalue weighted by Gasteiger charge is 2.33. The van der Waals surface area contributed by atoms with Gasteiger partial charge in [-0.2, -0.15) is 0 Å². The number of aryl methyl sites for hydroxylation is 1. The number of carbonyl (C=O) groups excluding carboxylic acids is 2. The van der Waals surface area contributed by atoms with Crippen LogP contribution in [0.4, 0.5) is 5.95 Å². The van der Waals surface area contributed by atoms with Crippen molar-refractivity contribution in [3.05, 3.63) is 23.8 Å². The zero-order valence-electron chi connectivity index (χ0n) is 15.3. The van der Waals surface area contributed by atoms with E-state index in [-0.39, 0.29) is 18.3 Å². The highest BCUT2D eigenvalue weighted by atomic mass is 16.5. The molecular weight excluding hydrogens is 348 g/mol. The average molecular weight is 372 g/mol. The van der Waals surface area contributed by atoms with Gasteiger partial charge in [-0.15, -0.1) is 10.2 Å². The van der Waals surface area contributed by atoms with Crippen LogP contribution in [0.15, 0.2) is 18.2 Å². The average Bonchev–Trinajstić information content (AvgIpc) is 2.96. The van der Waals surface area contributed by atoms with Crippen molar-refractivity contribution in [2.45, 2.75) is 51.5 Å². The number of para-hydroxylation sites is 1. The topological polar surface area (TPSA) is 120 Å². The van der Waals surface area contributed by atoms with Crippen molar-refractivity contribution in [3.8, 4) is 0 Å². The quantitative estimate of drug-likeness (QED) is 0.307. The van der Waals surface area contributed by atoms with Crippen LogP contribution in [0.3, 0.4) is 0 Å². The standard InChI is InChI=1S/C18H24N6O3/c1-12-7-6-10-14-15(12)19-18(22-20-14)23-21-17(26)16(24(27)11-25)13-8-4-2-3-5-9-13/h6-7,10-11,13,16,27H,2-5,8-9H2,1H3,(H,21,26)(H,19,22,23). The lowest BCUT2D eigenvalue weighted by Crippen LogP contribution is -2.51. The van der Waals surface area contributed by atoms with Crippen LogP contribution in [0.5, 0.6) is 0 Å². The molecule has 1 heterocycles. The maximum Gasteiger partial charge on any atom is 0.264 e. The van der Waals surface area contributed by atoms with E-state index in [1.807, 2.05) is 19.1 Å². The van der Waals surface area contributed by atoms with Crippen molar-refractivity contribution >= 4 is 29.3 Å². The summed E-state index contributed by atoms with van der Waals surface area (Å²) in [6.07, 6.45) is 6.01. The van der Waals surface area contributed by atoms with E-state index in [2.05, 4.69) is 26.0 Å². The van der Waals surface area contributed by atoms with Crippen LogP contribution in [0.1, 0.15) is 44.1 Å². The number of nitrogens with one attached hydrogen (secondary N) is 2. The molecule has 1 aliphatic carbocycles. The maximum absolute atomic E-state index is 12.6. The molecule has 3 rings (SSSR count). The van der Waals surface area contributed by atoms with Gasteiger partial charge in [0.2, 0.25) is 6.41 Å². The number of fused-ring (bicyclic) bond motifs is 1. The van der Waals surface area contributed by atoms with Gasteiger partial charge in [0, 0.05) is 0 Å². The van der Waals surface area contributed by atoms with E-state index in [1.54, 1.807) is 6.07 Å². The SMILES string of the molecule is Cc1cccc2nnc(NNC(=O)C(C3CCCCCC3)N(O)C=O)nc12. The number of nitrogens with zero attached hydrogens (tertiary/aromatic N) is 4. The number of benzene rings is 1. The Bertz CT molecular complexity index is 807. The normalized spacial score (nSPS) is 16.4. The van der Waals surface area contributed by atoms with E-state index in [1.165, 1.54) is 0 Å². The van der Waals surface area contributed by atoms with Crippen molar-refractivity contribution in [2.24, 2.45) is 5.92 Å². The van der Waals surface area contributed by atoms with Gasteiger partial charge in [-0.05, 0) is 37.3 Å². The van der Waals surface area contributed by atoms with E-state index in [0.29, 0.717) is 16.1 Å². The Morgan fingerprint density at radius 2 is 2.00 bits per heavy atom. The van der Waals surface area contributed by atoms with Crippen LogP contribution in [0.25, 0.3) is 11.0 Å². The largest absolute Gasteiger partial charge is 0.285 e. The zero-order chi connectivity index (χ0) is 19.2. The molecular formula is C18H24N6O3. The molecule has 1 saturated carbocycles. The van der Waals surface area contributed by atoms with E-state index < -0.39 is 11.9 Å². The van der Waals surface area contributed by atoms with Crippen LogP contribution >= 0.6 is 0 Å². The number of hydrazine groups is 1. The molecule has 0 spiro atoms. The molecule has 9 heteroatoms. The number of hydrogen-bond acceptors (Lipinski definition) is 7. The van der Waals surface area contributed by atoms with Gasteiger partial charge in [0.05, 0.1) is 5.52 Å². The summed E-state index contributed by atoms with van der Waals surface area (Å²) in [5.74, 6) is -0.465. The monoisotopic (exact) mass is 372 g/mol. The lowest BCUT2D eigenvalue weighted by Gasteiger charge is -2.28. The van der Waals surface area contributed by atoms with Crippen LogP contribution in [-0.4, -0.2) is 43.8 Å². The Balaban J connectivity index is 1.71. The Labute approximate surface area is 157 Å². The second kappa shape index (κ2) is 8.72. The molecule has 1 unspecified atom stereocenters. The summed E-state index contributed by atoms with van der Waals surface area (Å²) in [4.78, 5) is 28.1. The molecule has 1 aliphatic rings. The first-order valence-electron chi connectivity index (χ1n) is 9.18. The first kappa shape index (κ1) is 19.0. The third kappa shape index (κ3) is 4.48. The Morgan fingerprint density at radius 1 is 1.26 bits per heavy atom. The third-order valence-electron chi connectivity index (χ3n) is 4.99. The zero-order valence-corrected chi connectivity index (χ0v) is 15.3. The number of aromatic nitrogens is 3. The summed E-state index contributed by atoms with van der Waals surface area (Å²) in [6.45, 7) is 1.91. The van der Waals surface area contributed by atoms with Gasteiger partial charge < -0.3 is 0 Å². The molecule has 1 aromatic carbocycles. The number of hydroxylamine groups is 2. The minimum atomic E-state index is -0.955. The van der Waals surface area contributed by atoms with Crippen molar-refractivity contribution < 1.29 is 14.8 Å². The number of carbonyl (C=O) groups is 2. The predicted octanol–water partition coefficient (Wildman–Crippen LogP) is 1.96. The Morgan fingerprint density at radius 3 is 2.70 bits per heavy atom. The summed E-state index contributed by atoms with van der Waals surface area (Å²) in [5, 5.41) is 18.4. The second-order valence-corrected chi connectivity index (χ2v) is 6.87. The van der Waals surface area contributed by atoms with Gasteiger partial charge in [0.15, 0.2) is 0 Å². The van der Waals surface area contributed by atoms with Crippen molar-refractivity contribution in [2.75, 3.05) is 5.43 Å². The van der Waals surface area contributed by atoms with Crippen LogP contribution in [0, 0.1) is 12.8 Å². The molecule has 0 bridgehead atoms. The number of rotatable bonds is 6. The summed E-state index contributed by atoms with van der Waals surface area (Å²) in [7, 11) is 0. The van der Waals surface area contributed by atoms with Crippen LogP contribution in [0.2, 0.25) is 0 Å². The van der Waals surface area contributed by atoms with Crippen LogP contribution < -0.4 is 10.9 Å². The van der Waals surface area contributed by atoms with E-state index >= 15 is 0 Å². The minimum absolute atomic E-state index is 0.0950. The summed E-state index contributed by atoms with van der Waals surface area (Å²) >= 11 is 0. The number of hydrogen-bond donors (Lipinski definition) is 3. The molecule has 0 radical (unpaired) electrons. The molecule has 2 aromatic rings. The fraction of sp³-hybridized carbons (Fsp3) is 0.500. The lowest BCUT2D eigenvalue weighted by atomic mass is 9.91. The minimum Gasteiger partial charge on any atom is -0.285 e. The predicted molar refractivity (Wildman–Crippen MR) is 98.5 cm³/mol. The highest BCUT2D eigenvalue weighted by Crippen LogP contribution is 2.27. The smallest absolute Gasteiger partial charge is 0.264 e. The van der Waals surface area contributed by atoms with Crippen molar-refractivity contribution in [3.63, 3.8) is 0 Å². The molecule has 3 N–H and O–H groups in total. The second-order valence-electron chi connectivity index (χ2n) is 6.87. The highest BCUT2D eigenvalue weighted by molar-refractivity contribution is 5.84. The van der Waals surface area contributed by atoms with Crippen molar-refractivity contribution in [1.29, 1.82) is 0 Å². The molecule has 1 atom stereocenters. The Kier molecular flexibility index (Phi) is 6.12.